The maximum absolute atomic E-state index is 5.77. The van der Waals surface area contributed by atoms with Gasteiger partial charge in [-0.2, -0.15) is 0 Å². The van der Waals surface area contributed by atoms with E-state index in [0.717, 1.165) is 17.6 Å². The van der Waals surface area contributed by atoms with E-state index in [4.69, 9.17) is 21.1 Å². The average Bonchev–Trinajstić information content (AvgIpc) is 2.06. The number of hydrogen-bond donors (Lipinski definition) is 0. The number of halogens is 2. The molecule has 0 N–H and O–H groups in total. The lowest BCUT2D eigenvalue weighted by atomic mass is 9.95. The second-order valence-corrected chi connectivity index (χ2v) is 3.61. The van der Waals surface area contributed by atoms with Crippen LogP contribution in [0.15, 0.2) is 0 Å². The van der Waals surface area contributed by atoms with Crippen LogP contribution in [0.25, 0.3) is 0 Å². The van der Waals surface area contributed by atoms with E-state index < -0.39 is 0 Å². The molecule has 1 fully saturated rings. The lowest BCUT2D eigenvalue weighted by Crippen LogP contribution is -2.40. The standard InChI is InChI=1S/C6H10ClIO2/c7-1-6(2-8)3-9-5-10-4-6/h1-5H2. The van der Waals surface area contributed by atoms with Gasteiger partial charge in [-0.15, -0.1) is 11.6 Å². The van der Waals surface area contributed by atoms with Gasteiger partial charge in [0.1, 0.15) is 6.79 Å². The van der Waals surface area contributed by atoms with Crippen LogP contribution in [0.3, 0.4) is 0 Å². The van der Waals surface area contributed by atoms with Crippen LogP contribution in [0.2, 0.25) is 0 Å². The van der Waals surface area contributed by atoms with Crippen LogP contribution in [0, 0.1) is 5.41 Å². The van der Waals surface area contributed by atoms with Gasteiger partial charge in [-0.3, -0.25) is 0 Å². The number of hydrogen-bond acceptors (Lipinski definition) is 2. The van der Waals surface area contributed by atoms with E-state index in [0.29, 0.717) is 12.7 Å². The molecule has 0 atom stereocenters. The summed E-state index contributed by atoms with van der Waals surface area (Å²) in [6, 6.07) is 0. The Balaban J connectivity index is 2.44. The Morgan fingerprint density at radius 1 is 1.40 bits per heavy atom. The van der Waals surface area contributed by atoms with Crippen molar-refractivity contribution in [3.05, 3.63) is 0 Å². The topological polar surface area (TPSA) is 18.5 Å². The van der Waals surface area contributed by atoms with E-state index in [1.807, 2.05) is 0 Å². The third kappa shape index (κ3) is 1.96. The highest BCUT2D eigenvalue weighted by Gasteiger charge is 2.31. The van der Waals surface area contributed by atoms with Gasteiger partial charge in [-0.05, 0) is 0 Å². The van der Waals surface area contributed by atoms with Gasteiger partial charge in [0.15, 0.2) is 0 Å². The monoisotopic (exact) mass is 276 g/mol. The van der Waals surface area contributed by atoms with Gasteiger partial charge in [0, 0.05) is 15.7 Å². The summed E-state index contributed by atoms with van der Waals surface area (Å²) < 4.78 is 11.3. The molecule has 0 aliphatic carbocycles. The van der Waals surface area contributed by atoms with E-state index >= 15 is 0 Å². The van der Waals surface area contributed by atoms with E-state index in [9.17, 15) is 0 Å². The highest BCUT2D eigenvalue weighted by Crippen LogP contribution is 2.26. The van der Waals surface area contributed by atoms with E-state index in [2.05, 4.69) is 22.6 Å². The summed E-state index contributed by atoms with van der Waals surface area (Å²) in [5.41, 5.74) is 0.0698. The molecule has 0 aromatic carbocycles. The van der Waals surface area contributed by atoms with Crippen LogP contribution in [-0.2, 0) is 9.47 Å². The Morgan fingerprint density at radius 3 is 2.30 bits per heavy atom. The Bertz CT molecular complexity index is 97.9. The summed E-state index contributed by atoms with van der Waals surface area (Å²) in [7, 11) is 0. The minimum absolute atomic E-state index is 0.0698. The molecule has 0 saturated carbocycles. The van der Waals surface area contributed by atoms with Crippen LogP contribution < -0.4 is 0 Å². The molecule has 60 valence electrons. The second kappa shape index (κ2) is 4.09. The lowest BCUT2D eigenvalue weighted by Gasteiger charge is -2.32. The van der Waals surface area contributed by atoms with Crippen LogP contribution in [0.4, 0.5) is 0 Å². The van der Waals surface area contributed by atoms with Crippen molar-refractivity contribution in [3.8, 4) is 0 Å². The Morgan fingerprint density at radius 2 is 2.00 bits per heavy atom. The predicted molar refractivity (Wildman–Crippen MR) is 48.8 cm³/mol. The average molecular weight is 277 g/mol. The molecule has 0 aromatic rings. The summed E-state index contributed by atoms with van der Waals surface area (Å²) in [4.78, 5) is 0. The van der Waals surface area contributed by atoms with Crippen molar-refractivity contribution in [3.63, 3.8) is 0 Å². The maximum atomic E-state index is 5.77. The summed E-state index contributed by atoms with van der Waals surface area (Å²) in [5, 5.41) is 0. The van der Waals surface area contributed by atoms with Crippen molar-refractivity contribution < 1.29 is 9.47 Å². The third-order valence-corrected chi connectivity index (χ3v) is 3.74. The Kier molecular flexibility index (Phi) is 3.69. The molecule has 4 heteroatoms. The first-order valence-electron chi connectivity index (χ1n) is 3.10. The molecule has 1 aliphatic rings. The largest absolute Gasteiger partial charge is 0.355 e. The highest BCUT2D eigenvalue weighted by molar-refractivity contribution is 14.1. The Hall–Kier alpha value is 0.940. The van der Waals surface area contributed by atoms with Crippen LogP contribution in [0.5, 0.6) is 0 Å². The predicted octanol–water partition coefficient (Wildman–Crippen LogP) is 1.65. The first kappa shape index (κ1) is 9.03. The molecular formula is C6H10ClIO2. The molecule has 0 unspecified atom stereocenters. The van der Waals surface area contributed by atoms with Gasteiger partial charge in [0.25, 0.3) is 0 Å². The van der Waals surface area contributed by atoms with Gasteiger partial charge < -0.3 is 9.47 Å². The maximum Gasteiger partial charge on any atom is 0.146 e. The number of alkyl halides is 2. The van der Waals surface area contributed by atoms with Gasteiger partial charge in [0.05, 0.1) is 13.2 Å². The molecular weight excluding hydrogens is 266 g/mol. The fourth-order valence-corrected chi connectivity index (χ4v) is 2.08. The fraction of sp³-hybridized carbons (Fsp3) is 1.00. The van der Waals surface area contributed by atoms with Gasteiger partial charge in [-0.1, -0.05) is 22.6 Å². The SMILES string of the molecule is ClCC1(CI)COCOC1. The molecule has 0 radical (unpaired) electrons. The quantitative estimate of drug-likeness (QED) is 0.564. The summed E-state index contributed by atoms with van der Waals surface area (Å²) in [6.45, 7) is 1.90. The molecule has 0 amide bonds. The molecule has 1 rings (SSSR count). The lowest BCUT2D eigenvalue weighted by molar-refractivity contribution is -0.149. The summed E-state index contributed by atoms with van der Waals surface area (Å²) in [6.07, 6.45) is 0. The number of rotatable bonds is 2. The van der Waals surface area contributed by atoms with Crippen molar-refractivity contribution >= 4 is 34.2 Å². The zero-order valence-electron chi connectivity index (χ0n) is 5.61. The first-order chi connectivity index (χ1) is 4.83. The Labute approximate surface area is 79.4 Å². The van der Waals surface area contributed by atoms with E-state index in [1.54, 1.807) is 0 Å². The third-order valence-electron chi connectivity index (χ3n) is 1.55. The molecule has 0 spiro atoms. The summed E-state index contributed by atoms with van der Waals surface area (Å²) in [5.74, 6) is 0.621. The van der Waals surface area contributed by atoms with Crippen molar-refractivity contribution in [2.24, 2.45) is 5.41 Å². The van der Waals surface area contributed by atoms with E-state index in [-0.39, 0.29) is 5.41 Å². The van der Waals surface area contributed by atoms with E-state index in [1.165, 1.54) is 0 Å². The molecule has 0 bridgehead atoms. The van der Waals surface area contributed by atoms with Crippen molar-refractivity contribution in [1.29, 1.82) is 0 Å². The normalized spacial score (nSPS) is 24.6. The smallest absolute Gasteiger partial charge is 0.146 e. The molecule has 1 heterocycles. The molecule has 10 heavy (non-hydrogen) atoms. The molecule has 2 nitrogen and oxygen atoms in total. The fourth-order valence-electron chi connectivity index (χ4n) is 0.807. The van der Waals surface area contributed by atoms with Crippen LogP contribution >= 0.6 is 34.2 Å². The number of ether oxygens (including phenoxy) is 2. The minimum atomic E-state index is 0.0698. The molecule has 1 saturated heterocycles. The van der Waals surface area contributed by atoms with Crippen molar-refractivity contribution in [2.75, 3.05) is 30.3 Å². The minimum Gasteiger partial charge on any atom is -0.355 e. The van der Waals surface area contributed by atoms with Crippen molar-refractivity contribution in [2.45, 2.75) is 0 Å². The summed E-state index contributed by atoms with van der Waals surface area (Å²) >= 11 is 8.09. The highest BCUT2D eigenvalue weighted by atomic mass is 127. The van der Waals surface area contributed by atoms with Crippen molar-refractivity contribution in [1.82, 2.24) is 0 Å². The first-order valence-corrected chi connectivity index (χ1v) is 5.16. The van der Waals surface area contributed by atoms with Crippen LogP contribution in [0.1, 0.15) is 0 Å². The molecule has 0 aromatic heterocycles. The second-order valence-electron chi connectivity index (χ2n) is 2.58. The molecule has 1 aliphatic heterocycles. The zero-order chi connectivity index (χ0) is 7.45. The zero-order valence-corrected chi connectivity index (χ0v) is 8.52. The van der Waals surface area contributed by atoms with Gasteiger partial charge in [0.2, 0.25) is 0 Å². The van der Waals surface area contributed by atoms with Gasteiger partial charge in [-0.25, -0.2) is 0 Å². The van der Waals surface area contributed by atoms with Crippen LogP contribution in [-0.4, -0.2) is 30.3 Å². The van der Waals surface area contributed by atoms with Gasteiger partial charge >= 0.3 is 0 Å².